The van der Waals surface area contributed by atoms with Crippen molar-refractivity contribution < 1.29 is 4.79 Å². The smallest absolute Gasteiger partial charge is 0.191 e. The molecule has 0 amide bonds. The Bertz CT molecular complexity index is 1410. The fraction of sp³-hybridized carbons (Fsp3) is 0.154. The zero-order valence-electron chi connectivity index (χ0n) is 18.9. The molecule has 8 heteroatoms. The van der Waals surface area contributed by atoms with Gasteiger partial charge >= 0.3 is 0 Å². The molecule has 0 fully saturated rings. The Labute approximate surface area is 206 Å². The molecular formula is C26H23N5OS2. The van der Waals surface area contributed by atoms with Crippen molar-refractivity contribution in [2.45, 2.75) is 18.6 Å². The van der Waals surface area contributed by atoms with Gasteiger partial charge in [-0.05, 0) is 18.4 Å². The second kappa shape index (κ2) is 9.79. The third-order valence-corrected chi connectivity index (χ3v) is 7.46. The minimum absolute atomic E-state index is 0.114. The number of aromatic nitrogens is 5. The van der Waals surface area contributed by atoms with Crippen LogP contribution in [0.5, 0.6) is 0 Å². The van der Waals surface area contributed by atoms with Crippen LogP contribution in [0.25, 0.3) is 33.2 Å². The number of Topliss-reactive ketones (excluding diaryl/α,β-unsaturated/α-hetero) is 1. The molecule has 0 spiro atoms. The SMILES string of the molecule is CC(=O)CSc1nnc(Cn2c(-c3cccs3)nc(-c3ccccc3)c2-c2ccccc2)n1C. The van der Waals surface area contributed by atoms with Gasteiger partial charge in [0.05, 0.1) is 28.6 Å². The van der Waals surface area contributed by atoms with Gasteiger partial charge in [-0.3, -0.25) is 4.79 Å². The summed E-state index contributed by atoms with van der Waals surface area (Å²) in [6, 6.07) is 24.8. The molecule has 0 unspecified atom stereocenters. The summed E-state index contributed by atoms with van der Waals surface area (Å²) in [7, 11) is 1.94. The Morgan fingerprint density at radius 1 is 0.941 bits per heavy atom. The molecule has 34 heavy (non-hydrogen) atoms. The number of thiophene rings is 1. The Morgan fingerprint density at radius 2 is 1.65 bits per heavy atom. The van der Waals surface area contributed by atoms with Gasteiger partial charge in [0.1, 0.15) is 5.78 Å². The average Bonchev–Trinajstić information content (AvgIpc) is 3.59. The molecule has 0 radical (unpaired) electrons. The van der Waals surface area contributed by atoms with Crippen LogP contribution in [0.1, 0.15) is 12.7 Å². The van der Waals surface area contributed by atoms with E-state index < -0.39 is 0 Å². The number of hydrogen-bond donors (Lipinski definition) is 0. The highest BCUT2D eigenvalue weighted by atomic mass is 32.2. The summed E-state index contributed by atoms with van der Waals surface area (Å²) in [6.45, 7) is 2.09. The van der Waals surface area contributed by atoms with E-state index in [0.29, 0.717) is 12.3 Å². The Kier molecular flexibility index (Phi) is 6.42. The lowest BCUT2D eigenvalue weighted by atomic mass is 10.0. The van der Waals surface area contributed by atoms with Crippen LogP contribution in [0.2, 0.25) is 0 Å². The molecule has 0 aliphatic carbocycles. The molecule has 0 atom stereocenters. The number of thioether (sulfide) groups is 1. The summed E-state index contributed by atoms with van der Waals surface area (Å²) >= 11 is 3.07. The summed E-state index contributed by atoms with van der Waals surface area (Å²) < 4.78 is 4.19. The van der Waals surface area contributed by atoms with Gasteiger partial charge in [-0.15, -0.1) is 21.5 Å². The van der Waals surface area contributed by atoms with E-state index in [9.17, 15) is 4.79 Å². The lowest BCUT2D eigenvalue weighted by Gasteiger charge is -2.13. The highest BCUT2D eigenvalue weighted by molar-refractivity contribution is 7.99. The zero-order valence-corrected chi connectivity index (χ0v) is 20.5. The van der Waals surface area contributed by atoms with Crippen LogP contribution in [0.4, 0.5) is 0 Å². The van der Waals surface area contributed by atoms with Crippen LogP contribution in [-0.4, -0.2) is 35.9 Å². The number of rotatable bonds is 8. The van der Waals surface area contributed by atoms with E-state index >= 15 is 0 Å². The minimum Gasteiger partial charge on any atom is -0.315 e. The maximum atomic E-state index is 11.5. The predicted molar refractivity (Wildman–Crippen MR) is 138 cm³/mol. The van der Waals surface area contributed by atoms with Gasteiger partial charge in [-0.25, -0.2) is 4.98 Å². The Hall–Kier alpha value is -3.49. The van der Waals surface area contributed by atoms with Crippen LogP contribution in [0.15, 0.2) is 83.3 Å². The van der Waals surface area contributed by atoms with Crippen LogP contribution in [0, 0.1) is 0 Å². The first kappa shape index (κ1) is 22.3. The lowest BCUT2D eigenvalue weighted by molar-refractivity contribution is -0.114. The molecule has 3 aromatic heterocycles. The summed E-state index contributed by atoms with van der Waals surface area (Å²) in [5, 5.41) is 11.6. The third-order valence-electron chi connectivity index (χ3n) is 5.43. The number of nitrogens with zero attached hydrogens (tertiary/aromatic N) is 5. The molecule has 0 N–H and O–H groups in total. The van der Waals surface area contributed by atoms with E-state index in [1.165, 1.54) is 11.8 Å². The van der Waals surface area contributed by atoms with Crippen LogP contribution in [0.3, 0.4) is 0 Å². The molecule has 3 heterocycles. The molecule has 0 aliphatic heterocycles. The first-order chi connectivity index (χ1) is 16.6. The monoisotopic (exact) mass is 485 g/mol. The molecular weight excluding hydrogens is 462 g/mol. The molecule has 0 bridgehead atoms. The summed E-state index contributed by atoms with van der Waals surface area (Å²) in [6.07, 6.45) is 0. The van der Waals surface area contributed by atoms with Crippen molar-refractivity contribution >= 4 is 28.9 Å². The van der Waals surface area contributed by atoms with Gasteiger partial charge in [-0.2, -0.15) is 0 Å². The van der Waals surface area contributed by atoms with Gasteiger partial charge in [0, 0.05) is 18.2 Å². The van der Waals surface area contributed by atoms with Crippen molar-refractivity contribution in [3.8, 4) is 33.2 Å². The van der Waals surface area contributed by atoms with E-state index in [-0.39, 0.29) is 5.78 Å². The highest BCUT2D eigenvalue weighted by Crippen LogP contribution is 2.38. The normalized spacial score (nSPS) is 11.1. The molecule has 170 valence electrons. The maximum absolute atomic E-state index is 11.5. The summed E-state index contributed by atoms with van der Waals surface area (Å²) in [5.41, 5.74) is 4.12. The summed E-state index contributed by atoms with van der Waals surface area (Å²) in [4.78, 5) is 17.7. The average molecular weight is 486 g/mol. The third kappa shape index (κ3) is 4.47. The molecule has 0 saturated carbocycles. The minimum atomic E-state index is 0.114. The number of benzene rings is 2. The van der Waals surface area contributed by atoms with Gasteiger partial charge < -0.3 is 9.13 Å². The number of carbonyl (C=O) groups is 1. The first-order valence-electron chi connectivity index (χ1n) is 10.9. The van der Waals surface area contributed by atoms with Crippen molar-refractivity contribution in [2.75, 3.05) is 5.75 Å². The van der Waals surface area contributed by atoms with E-state index in [0.717, 1.165) is 44.2 Å². The first-order valence-corrected chi connectivity index (χ1v) is 12.7. The topological polar surface area (TPSA) is 65.6 Å². The Balaban J connectivity index is 1.68. The van der Waals surface area contributed by atoms with Gasteiger partial charge in [0.25, 0.3) is 0 Å². The van der Waals surface area contributed by atoms with E-state index in [4.69, 9.17) is 4.98 Å². The fourth-order valence-corrected chi connectivity index (χ4v) is 5.25. The second-order valence-corrected chi connectivity index (χ2v) is 9.77. The lowest BCUT2D eigenvalue weighted by Crippen LogP contribution is -2.09. The van der Waals surface area contributed by atoms with Gasteiger partial charge in [0.15, 0.2) is 16.8 Å². The van der Waals surface area contributed by atoms with E-state index in [2.05, 4.69) is 50.5 Å². The van der Waals surface area contributed by atoms with E-state index in [1.54, 1.807) is 18.3 Å². The van der Waals surface area contributed by atoms with Crippen molar-refractivity contribution in [2.24, 2.45) is 7.05 Å². The quantitative estimate of drug-likeness (QED) is 0.260. The highest BCUT2D eigenvalue weighted by Gasteiger charge is 2.23. The van der Waals surface area contributed by atoms with Crippen molar-refractivity contribution in [1.82, 2.24) is 24.3 Å². The van der Waals surface area contributed by atoms with E-state index in [1.807, 2.05) is 54.1 Å². The molecule has 0 saturated heterocycles. The van der Waals surface area contributed by atoms with Crippen LogP contribution >= 0.6 is 23.1 Å². The van der Waals surface area contributed by atoms with Crippen LogP contribution < -0.4 is 0 Å². The number of hydrogen-bond acceptors (Lipinski definition) is 6. The number of carbonyl (C=O) groups excluding carboxylic acids is 1. The van der Waals surface area contributed by atoms with Crippen molar-refractivity contribution in [3.05, 3.63) is 84.0 Å². The zero-order chi connectivity index (χ0) is 23.5. The van der Waals surface area contributed by atoms with Crippen molar-refractivity contribution in [3.63, 3.8) is 0 Å². The number of ketones is 1. The van der Waals surface area contributed by atoms with Crippen molar-refractivity contribution in [1.29, 1.82) is 0 Å². The second-order valence-electron chi connectivity index (χ2n) is 7.88. The molecule has 5 rings (SSSR count). The van der Waals surface area contributed by atoms with Gasteiger partial charge in [0.2, 0.25) is 0 Å². The molecule has 2 aromatic carbocycles. The summed E-state index contributed by atoms with van der Waals surface area (Å²) in [5.74, 6) is 2.19. The maximum Gasteiger partial charge on any atom is 0.191 e. The fourth-order valence-electron chi connectivity index (χ4n) is 3.80. The van der Waals surface area contributed by atoms with Gasteiger partial charge in [-0.1, -0.05) is 78.5 Å². The largest absolute Gasteiger partial charge is 0.315 e. The van der Waals surface area contributed by atoms with Crippen LogP contribution in [-0.2, 0) is 18.4 Å². The predicted octanol–water partition coefficient (Wildman–Crippen LogP) is 5.80. The molecule has 0 aliphatic rings. The Morgan fingerprint density at radius 3 is 2.29 bits per heavy atom. The molecule has 5 aromatic rings. The molecule has 6 nitrogen and oxygen atoms in total. The number of imidazole rings is 1. The standard InChI is InChI=1S/C26H23N5OS2/c1-18(32)17-34-26-29-28-22(30(26)2)16-31-24(20-12-7-4-8-13-20)23(19-10-5-3-6-11-19)27-25(31)21-14-9-15-33-21/h3-15H,16-17H2,1-2H3.